The fourth-order valence-electron chi connectivity index (χ4n) is 1.66. The van der Waals surface area contributed by atoms with Gasteiger partial charge in [0.2, 0.25) is 0 Å². The first kappa shape index (κ1) is 9.30. The summed E-state index contributed by atoms with van der Waals surface area (Å²) in [7, 11) is 0. The summed E-state index contributed by atoms with van der Waals surface area (Å²) in [6, 6.07) is 0. The molecule has 0 unspecified atom stereocenters. The summed E-state index contributed by atoms with van der Waals surface area (Å²) in [5.41, 5.74) is 0. The fraction of sp³-hybridized carbons (Fsp3) is 0.600. The molecule has 1 fully saturated rings. The van der Waals surface area contributed by atoms with E-state index in [0.717, 1.165) is 9.84 Å². The third-order valence-electron chi connectivity index (χ3n) is 2.49. The Labute approximate surface area is 82.9 Å². The minimum atomic E-state index is 0.715. The van der Waals surface area contributed by atoms with Crippen LogP contribution in [-0.4, -0.2) is 3.92 Å². The molecule has 0 N–H and O–H groups in total. The SMILES string of the molecule is C=C[C@@H]1CC[C@@H](I)[C@@H](C=C)C1. The van der Waals surface area contributed by atoms with E-state index < -0.39 is 0 Å². The van der Waals surface area contributed by atoms with Crippen LogP contribution in [0.15, 0.2) is 25.3 Å². The summed E-state index contributed by atoms with van der Waals surface area (Å²) in [6.07, 6.45) is 8.11. The van der Waals surface area contributed by atoms with Crippen molar-refractivity contribution in [2.45, 2.75) is 23.2 Å². The van der Waals surface area contributed by atoms with Crippen molar-refractivity contribution >= 4 is 22.6 Å². The van der Waals surface area contributed by atoms with Crippen molar-refractivity contribution in [3.05, 3.63) is 25.3 Å². The predicted molar refractivity (Wildman–Crippen MR) is 59.0 cm³/mol. The number of hydrogen-bond donors (Lipinski definition) is 0. The molecule has 0 aromatic heterocycles. The molecule has 0 bridgehead atoms. The quantitative estimate of drug-likeness (QED) is 0.405. The van der Waals surface area contributed by atoms with Gasteiger partial charge < -0.3 is 0 Å². The summed E-state index contributed by atoms with van der Waals surface area (Å²) >= 11 is 2.54. The second kappa shape index (κ2) is 4.29. The Balaban J connectivity index is 2.50. The molecule has 1 aliphatic carbocycles. The topological polar surface area (TPSA) is 0 Å². The molecule has 1 heteroatoms. The van der Waals surface area contributed by atoms with Crippen LogP contribution in [0.4, 0.5) is 0 Å². The van der Waals surface area contributed by atoms with Crippen molar-refractivity contribution in [3.63, 3.8) is 0 Å². The number of hydrogen-bond acceptors (Lipinski definition) is 0. The van der Waals surface area contributed by atoms with Crippen LogP contribution >= 0.6 is 22.6 Å². The van der Waals surface area contributed by atoms with E-state index >= 15 is 0 Å². The first-order chi connectivity index (χ1) is 5.27. The molecule has 1 saturated carbocycles. The summed E-state index contributed by atoms with van der Waals surface area (Å²) in [5, 5.41) is 0. The molecular formula is C10H15I. The molecule has 0 saturated heterocycles. The smallest absolute Gasteiger partial charge is 0.0173 e. The molecule has 3 atom stereocenters. The number of halogens is 1. The van der Waals surface area contributed by atoms with Gasteiger partial charge in [0.05, 0.1) is 0 Å². The highest BCUT2D eigenvalue weighted by Gasteiger charge is 2.24. The van der Waals surface area contributed by atoms with E-state index in [1.54, 1.807) is 0 Å². The van der Waals surface area contributed by atoms with Crippen molar-refractivity contribution in [2.75, 3.05) is 0 Å². The van der Waals surface area contributed by atoms with Crippen molar-refractivity contribution in [1.29, 1.82) is 0 Å². The van der Waals surface area contributed by atoms with Gasteiger partial charge in [-0.15, -0.1) is 13.2 Å². The van der Waals surface area contributed by atoms with Crippen molar-refractivity contribution < 1.29 is 0 Å². The van der Waals surface area contributed by atoms with Crippen molar-refractivity contribution in [1.82, 2.24) is 0 Å². The lowest BCUT2D eigenvalue weighted by molar-refractivity contribution is 0.372. The van der Waals surface area contributed by atoms with E-state index in [1.807, 2.05) is 0 Å². The van der Waals surface area contributed by atoms with E-state index in [1.165, 1.54) is 19.3 Å². The Morgan fingerprint density at radius 1 is 1.18 bits per heavy atom. The Hall–Kier alpha value is 0.210. The molecular weight excluding hydrogens is 247 g/mol. The van der Waals surface area contributed by atoms with Crippen LogP contribution in [0.5, 0.6) is 0 Å². The lowest BCUT2D eigenvalue weighted by atomic mass is 9.81. The molecule has 0 aromatic rings. The van der Waals surface area contributed by atoms with Gasteiger partial charge in [-0.05, 0) is 31.1 Å². The first-order valence-electron chi connectivity index (χ1n) is 4.17. The fourth-order valence-corrected chi connectivity index (χ4v) is 2.61. The van der Waals surface area contributed by atoms with Crippen LogP contribution in [0.3, 0.4) is 0 Å². The molecule has 1 rings (SSSR count). The number of alkyl halides is 1. The van der Waals surface area contributed by atoms with E-state index in [-0.39, 0.29) is 0 Å². The van der Waals surface area contributed by atoms with Gasteiger partial charge in [0.25, 0.3) is 0 Å². The van der Waals surface area contributed by atoms with E-state index in [4.69, 9.17) is 0 Å². The third kappa shape index (κ3) is 2.32. The standard InChI is InChI=1S/C10H15I/c1-3-8-5-6-10(11)9(4-2)7-8/h3-4,8-10H,1-2,5-7H2/t8-,9+,10-/m1/s1. The Morgan fingerprint density at radius 2 is 1.91 bits per heavy atom. The highest BCUT2D eigenvalue weighted by atomic mass is 127. The van der Waals surface area contributed by atoms with E-state index in [9.17, 15) is 0 Å². The molecule has 0 aliphatic heterocycles. The minimum Gasteiger partial charge on any atom is -0.103 e. The van der Waals surface area contributed by atoms with Crippen LogP contribution in [0.1, 0.15) is 19.3 Å². The molecule has 0 radical (unpaired) electrons. The van der Waals surface area contributed by atoms with Gasteiger partial charge in [-0.2, -0.15) is 0 Å². The summed E-state index contributed by atoms with van der Waals surface area (Å²) in [6.45, 7) is 7.71. The predicted octanol–water partition coefficient (Wildman–Crippen LogP) is 3.58. The normalized spacial score (nSPS) is 38.1. The van der Waals surface area contributed by atoms with Crippen LogP contribution in [0.25, 0.3) is 0 Å². The summed E-state index contributed by atoms with van der Waals surface area (Å²) < 4.78 is 0.807. The molecule has 0 amide bonds. The maximum absolute atomic E-state index is 3.86. The van der Waals surface area contributed by atoms with Crippen LogP contribution in [0.2, 0.25) is 0 Å². The largest absolute Gasteiger partial charge is 0.103 e. The van der Waals surface area contributed by atoms with Crippen LogP contribution < -0.4 is 0 Å². The Kier molecular flexibility index (Phi) is 3.63. The molecule has 0 nitrogen and oxygen atoms in total. The first-order valence-corrected chi connectivity index (χ1v) is 5.41. The number of allylic oxidation sites excluding steroid dienone is 2. The van der Waals surface area contributed by atoms with E-state index in [0.29, 0.717) is 5.92 Å². The van der Waals surface area contributed by atoms with Gasteiger partial charge >= 0.3 is 0 Å². The Morgan fingerprint density at radius 3 is 2.45 bits per heavy atom. The monoisotopic (exact) mass is 262 g/mol. The maximum atomic E-state index is 3.86. The molecule has 1 aliphatic rings. The average molecular weight is 262 g/mol. The van der Waals surface area contributed by atoms with Gasteiger partial charge in [-0.1, -0.05) is 34.7 Å². The molecule has 11 heavy (non-hydrogen) atoms. The lowest BCUT2D eigenvalue weighted by Gasteiger charge is -2.29. The molecule has 0 aromatic carbocycles. The second-order valence-electron chi connectivity index (χ2n) is 3.22. The van der Waals surface area contributed by atoms with Crippen molar-refractivity contribution in [2.24, 2.45) is 11.8 Å². The summed E-state index contributed by atoms with van der Waals surface area (Å²) in [4.78, 5) is 0. The van der Waals surface area contributed by atoms with Gasteiger partial charge in [0.15, 0.2) is 0 Å². The van der Waals surface area contributed by atoms with E-state index in [2.05, 4.69) is 47.9 Å². The average Bonchev–Trinajstić information content (AvgIpc) is 2.05. The Bertz CT molecular complexity index is 151. The molecule has 0 heterocycles. The number of rotatable bonds is 2. The van der Waals surface area contributed by atoms with Gasteiger partial charge in [-0.25, -0.2) is 0 Å². The zero-order chi connectivity index (χ0) is 8.27. The van der Waals surface area contributed by atoms with Crippen molar-refractivity contribution in [3.8, 4) is 0 Å². The lowest BCUT2D eigenvalue weighted by Crippen LogP contribution is -2.22. The maximum Gasteiger partial charge on any atom is 0.0173 e. The minimum absolute atomic E-state index is 0.715. The molecule has 62 valence electrons. The van der Waals surface area contributed by atoms with Gasteiger partial charge in [0, 0.05) is 3.92 Å². The zero-order valence-electron chi connectivity index (χ0n) is 6.80. The second-order valence-corrected chi connectivity index (χ2v) is 4.82. The van der Waals surface area contributed by atoms with Gasteiger partial charge in [0.1, 0.15) is 0 Å². The van der Waals surface area contributed by atoms with Crippen LogP contribution in [0, 0.1) is 11.8 Å². The van der Waals surface area contributed by atoms with Crippen LogP contribution in [-0.2, 0) is 0 Å². The zero-order valence-corrected chi connectivity index (χ0v) is 8.96. The highest BCUT2D eigenvalue weighted by Crippen LogP contribution is 2.34. The summed E-state index contributed by atoms with van der Waals surface area (Å²) in [5.74, 6) is 1.45. The van der Waals surface area contributed by atoms with Gasteiger partial charge in [-0.3, -0.25) is 0 Å². The highest BCUT2D eigenvalue weighted by molar-refractivity contribution is 14.1. The molecule has 0 spiro atoms. The third-order valence-corrected chi connectivity index (χ3v) is 4.04.